The minimum absolute atomic E-state index is 0.0289. The fourth-order valence-corrected chi connectivity index (χ4v) is 3.48. The number of alkyl halides is 3. The molecule has 0 unspecified atom stereocenters. The van der Waals surface area contributed by atoms with Gasteiger partial charge >= 0.3 is 6.18 Å². The van der Waals surface area contributed by atoms with Crippen LogP contribution in [0, 0.1) is 0 Å². The van der Waals surface area contributed by atoms with Crippen molar-refractivity contribution in [1.29, 1.82) is 0 Å². The van der Waals surface area contributed by atoms with E-state index in [0.29, 0.717) is 48.6 Å². The molecule has 0 N–H and O–H groups in total. The van der Waals surface area contributed by atoms with E-state index >= 15 is 0 Å². The molecule has 1 aliphatic rings. The number of thiazole rings is 1. The van der Waals surface area contributed by atoms with Gasteiger partial charge in [-0.25, -0.2) is 4.98 Å². The highest BCUT2D eigenvalue weighted by atomic mass is 32.1. The third-order valence-electron chi connectivity index (χ3n) is 4.26. The molecule has 3 aromatic heterocycles. The zero-order chi connectivity index (χ0) is 19.0. The van der Waals surface area contributed by atoms with Gasteiger partial charge in [-0.1, -0.05) is 0 Å². The average molecular weight is 397 g/mol. The van der Waals surface area contributed by atoms with Crippen LogP contribution in [0.3, 0.4) is 0 Å². The van der Waals surface area contributed by atoms with Crippen LogP contribution in [0.2, 0.25) is 0 Å². The second-order valence-corrected chi connectivity index (χ2v) is 6.71. The molecule has 0 spiro atoms. The maximum Gasteiger partial charge on any atom is 0.453 e. The van der Waals surface area contributed by atoms with E-state index in [1.165, 1.54) is 17.4 Å². The molecule has 1 fully saturated rings. The highest BCUT2D eigenvalue weighted by Gasteiger charge is 2.37. The molecule has 4 heterocycles. The normalized spacial score (nSPS) is 16.0. The van der Waals surface area contributed by atoms with Crippen LogP contribution < -0.4 is 4.90 Å². The first kappa shape index (κ1) is 17.6. The van der Waals surface area contributed by atoms with Crippen molar-refractivity contribution >= 4 is 28.7 Å². The van der Waals surface area contributed by atoms with E-state index in [2.05, 4.69) is 20.3 Å². The van der Waals surface area contributed by atoms with Crippen LogP contribution in [0.4, 0.5) is 19.0 Å². The number of fused-ring (bicyclic) bond motifs is 1. The molecule has 1 amide bonds. The van der Waals surface area contributed by atoms with E-state index in [-0.39, 0.29) is 11.6 Å². The summed E-state index contributed by atoms with van der Waals surface area (Å²) in [5.41, 5.74) is 2.04. The molecule has 3 aromatic rings. The molecule has 0 bridgehead atoms. The minimum atomic E-state index is -4.64. The van der Waals surface area contributed by atoms with Crippen molar-refractivity contribution in [2.24, 2.45) is 0 Å². The van der Waals surface area contributed by atoms with Gasteiger partial charge in [0, 0.05) is 31.6 Å². The van der Waals surface area contributed by atoms with Crippen molar-refractivity contribution in [2.75, 3.05) is 31.1 Å². The molecule has 0 aliphatic carbocycles. The standard InChI is InChI=1S/C15H14F3N7OS/c16-15(17,18)14-21-20-11-2-3-12(22-25(11)14)23-4-1-5-24(7-6-23)13(26)10-8-27-9-19-10/h2-3,8-9H,1,4-7H2. The first-order chi connectivity index (χ1) is 12.9. The summed E-state index contributed by atoms with van der Waals surface area (Å²) in [7, 11) is 0. The van der Waals surface area contributed by atoms with Crippen LogP contribution >= 0.6 is 11.3 Å². The zero-order valence-corrected chi connectivity index (χ0v) is 14.7. The smallest absolute Gasteiger partial charge is 0.353 e. The van der Waals surface area contributed by atoms with E-state index in [1.54, 1.807) is 21.9 Å². The quantitative estimate of drug-likeness (QED) is 0.658. The van der Waals surface area contributed by atoms with E-state index < -0.39 is 12.0 Å². The molecule has 1 saturated heterocycles. The van der Waals surface area contributed by atoms with Gasteiger partial charge in [0.25, 0.3) is 11.7 Å². The topological polar surface area (TPSA) is 79.5 Å². The Bertz CT molecular complexity index is 956. The van der Waals surface area contributed by atoms with Gasteiger partial charge in [0.05, 0.1) is 5.51 Å². The lowest BCUT2D eigenvalue weighted by atomic mass is 10.3. The average Bonchev–Trinajstić information content (AvgIpc) is 3.25. The number of hydrogen-bond donors (Lipinski definition) is 0. The first-order valence-electron chi connectivity index (χ1n) is 8.15. The summed E-state index contributed by atoms with van der Waals surface area (Å²) in [6.45, 7) is 2.01. The molecular weight excluding hydrogens is 383 g/mol. The van der Waals surface area contributed by atoms with Gasteiger partial charge in [0.1, 0.15) is 11.5 Å². The van der Waals surface area contributed by atoms with E-state index in [0.717, 1.165) is 0 Å². The van der Waals surface area contributed by atoms with Crippen molar-refractivity contribution < 1.29 is 18.0 Å². The van der Waals surface area contributed by atoms with E-state index in [4.69, 9.17) is 0 Å². The van der Waals surface area contributed by atoms with Crippen LogP contribution in [0.15, 0.2) is 23.0 Å². The van der Waals surface area contributed by atoms with E-state index in [1.807, 2.05) is 4.90 Å². The van der Waals surface area contributed by atoms with Gasteiger partial charge in [-0.2, -0.15) is 17.7 Å². The summed E-state index contributed by atoms with van der Waals surface area (Å²) >= 11 is 1.35. The molecule has 0 saturated carbocycles. The third-order valence-corrected chi connectivity index (χ3v) is 4.85. The SMILES string of the molecule is O=C(c1cscn1)N1CCCN(c2ccc3nnc(C(F)(F)F)n3n2)CC1. The Hall–Kier alpha value is -2.76. The predicted molar refractivity (Wildman–Crippen MR) is 90.6 cm³/mol. The Morgan fingerprint density at radius 3 is 2.70 bits per heavy atom. The zero-order valence-electron chi connectivity index (χ0n) is 13.9. The molecule has 4 rings (SSSR count). The number of halogens is 3. The highest BCUT2D eigenvalue weighted by Crippen LogP contribution is 2.28. The highest BCUT2D eigenvalue weighted by molar-refractivity contribution is 7.07. The number of nitrogens with zero attached hydrogens (tertiary/aromatic N) is 7. The fraction of sp³-hybridized carbons (Fsp3) is 0.400. The molecule has 142 valence electrons. The van der Waals surface area contributed by atoms with Gasteiger partial charge in [0.2, 0.25) is 0 Å². The van der Waals surface area contributed by atoms with Gasteiger partial charge < -0.3 is 9.80 Å². The Kier molecular flexibility index (Phi) is 4.42. The van der Waals surface area contributed by atoms with Gasteiger partial charge in [-0.3, -0.25) is 4.79 Å². The second-order valence-electron chi connectivity index (χ2n) is 5.99. The summed E-state index contributed by atoms with van der Waals surface area (Å²) in [5.74, 6) is -0.912. The number of anilines is 1. The maximum absolute atomic E-state index is 13.0. The molecule has 1 aliphatic heterocycles. The number of aromatic nitrogens is 5. The Balaban J connectivity index is 1.55. The van der Waals surface area contributed by atoms with Crippen LogP contribution in [0.25, 0.3) is 5.65 Å². The monoisotopic (exact) mass is 397 g/mol. The lowest BCUT2D eigenvalue weighted by Crippen LogP contribution is -2.35. The number of amides is 1. The predicted octanol–water partition coefficient (Wildman–Crippen LogP) is 1.95. The van der Waals surface area contributed by atoms with Crippen molar-refractivity contribution in [3.05, 3.63) is 34.5 Å². The van der Waals surface area contributed by atoms with Gasteiger partial charge in [-0.15, -0.1) is 26.6 Å². The maximum atomic E-state index is 13.0. The molecule has 0 radical (unpaired) electrons. The number of carbonyl (C=O) groups excluding carboxylic acids is 1. The molecule has 0 atom stereocenters. The lowest BCUT2D eigenvalue weighted by Gasteiger charge is -2.22. The summed E-state index contributed by atoms with van der Waals surface area (Å²) < 4.78 is 39.8. The molecule has 8 nitrogen and oxygen atoms in total. The summed E-state index contributed by atoms with van der Waals surface area (Å²) in [5, 5.41) is 12.5. The molecule has 27 heavy (non-hydrogen) atoms. The van der Waals surface area contributed by atoms with Crippen LogP contribution in [-0.2, 0) is 6.18 Å². The van der Waals surface area contributed by atoms with Crippen LogP contribution in [0.5, 0.6) is 0 Å². The Labute approximate surface area is 155 Å². The number of rotatable bonds is 2. The third kappa shape index (κ3) is 3.44. The van der Waals surface area contributed by atoms with Crippen molar-refractivity contribution in [2.45, 2.75) is 12.6 Å². The molecule has 0 aromatic carbocycles. The molecular formula is C15H14F3N7OS. The Morgan fingerprint density at radius 1 is 1.11 bits per heavy atom. The summed E-state index contributed by atoms with van der Waals surface area (Å²) in [6.07, 6.45) is -3.97. The Morgan fingerprint density at radius 2 is 1.96 bits per heavy atom. The van der Waals surface area contributed by atoms with E-state index in [9.17, 15) is 18.0 Å². The number of hydrogen-bond acceptors (Lipinski definition) is 7. The minimum Gasteiger partial charge on any atom is -0.353 e. The second kappa shape index (κ2) is 6.76. The van der Waals surface area contributed by atoms with Gasteiger partial charge in [0.15, 0.2) is 5.65 Å². The summed E-state index contributed by atoms with van der Waals surface area (Å²) in [6, 6.07) is 3.07. The van der Waals surface area contributed by atoms with Crippen LogP contribution in [0.1, 0.15) is 22.7 Å². The largest absolute Gasteiger partial charge is 0.453 e. The van der Waals surface area contributed by atoms with Gasteiger partial charge in [-0.05, 0) is 18.6 Å². The van der Waals surface area contributed by atoms with Crippen molar-refractivity contribution in [3.8, 4) is 0 Å². The van der Waals surface area contributed by atoms with Crippen molar-refractivity contribution in [3.63, 3.8) is 0 Å². The van der Waals surface area contributed by atoms with Crippen molar-refractivity contribution in [1.82, 2.24) is 29.7 Å². The lowest BCUT2D eigenvalue weighted by molar-refractivity contribution is -0.146. The first-order valence-corrected chi connectivity index (χ1v) is 9.10. The summed E-state index contributed by atoms with van der Waals surface area (Å²) in [4.78, 5) is 20.0. The number of carbonyl (C=O) groups is 1. The fourth-order valence-electron chi connectivity index (χ4n) is 2.95. The van der Waals surface area contributed by atoms with Crippen LogP contribution in [-0.4, -0.2) is 61.8 Å². The molecule has 12 heteroatoms.